The summed E-state index contributed by atoms with van der Waals surface area (Å²) >= 11 is 51.6. The van der Waals surface area contributed by atoms with Gasteiger partial charge in [0.25, 0.3) is 23.4 Å². The number of non-ortho nitro benzene ring substituents is 1. The molecule has 3 amide bonds. The number of nitro groups is 1. The summed E-state index contributed by atoms with van der Waals surface area (Å²) in [4.78, 5) is 62.5. The van der Waals surface area contributed by atoms with Crippen LogP contribution in [0.5, 0.6) is 0 Å². The lowest BCUT2D eigenvalue weighted by Gasteiger charge is -2.39. The molecule has 3 aliphatic rings. The highest BCUT2D eigenvalue weighted by Gasteiger charge is 2.88. The van der Waals surface area contributed by atoms with Crippen molar-refractivity contribution in [2.75, 3.05) is 5.88 Å². The lowest BCUT2D eigenvalue weighted by atomic mass is 9.84. The van der Waals surface area contributed by atoms with Crippen molar-refractivity contribution in [3.63, 3.8) is 0 Å². The summed E-state index contributed by atoms with van der Waals surface area (Å²) < 4.78 is -2.23. The third-order valence-electron chi connectivity index (χ3n) is 7.74. The second-order valence-corrected chi connectivity index (χ2v) is 14.0. The Balaban J connectivity index is 1.67. The zero-order chi connectivity index (χ0) is 31.8. The number of halogens is 8. The second kappa shape index (κ2) is 11.2. The Hall–Kier alpha value is -1.82. The standard InChI is InChI=1S/C26H15Cl8N3O6/c27-10-9-15(18(38)11-1-5-13(28)6-2-11)35(21(39)12-3-7-14(8-4-12)37(42)43)36-22(40)16-17(23(36)41)25(32)20(30)19(29)24(16,31)26(25,33)34/h1-8,15-17H,9-10H2/t15-,16+,17+,24+,25+/m0/s1. The first-order valence-corrected chi connectivity index (χ1v) is 15.4. The number of carbonyl (C=O) groups excluding carboxylic acids is 4. The molecule has 1 aliphatic heterocycles. The minimum absolute atomic E-state index is 0.0799. The molecule has 0 radical (unpaired) electrons. The molecule has 1 saturated heterocycles. The molecular weight excluding hydrogens is 734 g/mol. The number of nitro benzene ring substituents is 1. The number of carbonyl (C=O) groups is 4. The van der Waals surface area contributed by atoms with Crippen molar-refractivity contribution < 1.29 is 24.1 Å². The molecule has 2 bridgehead atoms. The Labute approximate surface area is 283 Å². The van der Waals surface area contributed by atoms with E-state index in [0.717, 1.165) is 24.3 Å². The highest BCUT2D eigenvalue weighted by atomic mass is 35.5. The summed E-state index contributed by atoms with van der Waals surface area (Å²) in [6, 6.07) is 8.43. The molecule has 17 heteroatoms. The molecule has 2 aliphatic carbocycles. The van der Waals surface area contributed by atoms with Crippen LogP contribution in [0.4, 0.5) is 5.69 Å². The number of alkyl halides is 5. The number of ketones is 1. The van der Waals surface area contributed by atoms with Gasteiger partial charge in [0.1, 0.15) is 15.8 Å². The van der Waals surface area contributed by atoms with E-state index in [1.807, 2.05) is 0 Å². The molecular formula is C26H15Cl8N3O6. The number of hydrazine groups is 1. The van der Waals surface area contributed by atoms with Gasteiger partial charge in [0.15, 0.2) is 10.1 Å². The fraction of sp³-hybridized carbons (Fsp3) is 0.308. The van der Waals surface area contributed by atoms with E-state index in [1.54, 1.807) is 0 Å². The number of hydrogen-bond acceptors (Lipinski definition) is 6. The van der Waals surface area contributed by atoms with Crippen molar-refractivity contribution in [3.8, 4) is 0 Å². The van der Waals surface area contributed by atoms with Gasteiger partial charge in [-0.05, 0) is 42.8 Å². The quantitative estimate of drug-likeness (QED) is 0.0951. The van der Waals surface area contributed by atoms with Gasteiger partial charge in [0.2, 0.25) is 0 Å². The fourth-order valence-electron chi connectivity index (χ4n) is 5.70. The first kappa shape index (κ1) is 32.6. The van der Waals surface area contributed by atoms with Crippen molar-refractivity contribution in [2.45, 2.75) is 26.5 Å². The van der Waals surface area contributed by atoms with Gasteiger partial charge in [-0.2, -0.15) is 5.01 Å². The number of amides is 3. The van der Waals surface area contributed by atoms with Crippen LogP contribution in [0.2, 0.25) is 5.02 Å². The van der Waals surface area contributed by atoms with Crippen LogP contribution in [-0.4, -0.2) is 64.4 Å². The number of fused-ring (bicyclic) bond motifs is 5. The van der Waals surface area contributed by atoms with Crippen molar-refractivity contribution in [3.05, 3.63) is 84.9 Å². The summed E-state index contributed by atoms with van der Waals surface area (Å²) in [5.74, 6) is -7.30. The minimum atomic E-state index is -2.23. The average molecular weight is 749 g/mol. The van der Waals surface area contributed by atoms with Gasteiger partial charge in [-0.15, -0.1) is 34.8 Å². The molecule has 43 heavy (non-hydrogen) atoms. The van der Waals surface area contributed by atoms with E-state index in [4.69, 9.17) is 92.8 Å². The molecule has 226 valence electrons. The smallest absolute Gasteiger partial charge is 0.273 e. The molecule has 1 heterocycles. The predicted molar refractivity (Wildman–Crippen MR) is 163 cm³/mol. The van der Waals surface area contributed by atoms with Crippen LogP contribution >= 0.6 is 92.8 Å². The molecule has 2 fully saturated rings. The van der Waals surface area contributed by atoms with Crippen LogP contribution in [0, 0.1) is 22.0 Å². The van der Waals surface area contributed by atoms with Gasteiger partial charge in [-0.3, -0.25) is 29.3 Å². The first-order valence-electron chi connectivity index (χ1n) is 12.2. The average Bonchev–Trinajstić information content (AvgIpc) is 3.35. The summed E-state index contributed by atoms with van der Waals surface area (Å²) in [7, 11) is 0. The lowest BCUT2D eigenvalue weighted by Crippen LogP contribution is -2.60. The van der Waals surface area contributed by atoms with E-state index in [-0.39, 0.29) is 39.2 Å². The zero-order valence-corrected chi connectivity index (χ0v) is 27.1. The van der Waals surface area contributed by atoms with Gasteiger partial charge in [-0.25, -0.2) is 5.01 Å². The third-order valence-corrected chi connectivity index (χ3v) is 12.5. The van der Waals surface area contributed by atoms with E-state index in [2.05, 4.69) is 0 Å². The molecule has 0 spiro atoms. The van der Waals surface area contributed by atoms with Crippen molar-refractivity contribution >= 4 is 122 Å². The van der Waals surface area contributed by atoms with E-state index in [1.165, 1.54) is 24.3 Å². The number of nitrogens with zero attached hydrogens (tertiary/aromatic N) is 3. The van der Waals surface area contributed by atoms with Crippen molar-refractivity contribution in [2.24, 2.45) is 11.8 Å². The molecule has 2 aromatic rings. The molecule has 0 unspecified atom stereocenters. The largest absolute Gasteiger partial charge is 0.292 e. The maximum Gasteiger partial charge on any atom is 0.273 e. The minimum Gasteiger partial charge on any atom is -0.292 e. The second-order valence-electron chi connectivity index (χ2n) is 9.89. The summed E-state index contributed by atoms with van der Waals surface area (Å²) in [6.45, 7) is 0. The van der Waals surface area contributed by atoms with Crippen LogP contribution in [0.3, 0.4) is 0 Å². The summed E-state index contributed by atoms with van der Waals surface area (Å²) in [5, 5.41) is 11.9. The van der Waals surface area contributed by atoms with Gasteiger partial charge in [0, 0.05) is 34.2 Å². The van der Waals surface area contributed by atoms with Gasteiger partial charge >= 0.3 is 0 Å². The van der Waals surface area contributed by atoms with E-state index in [9.17, 15) is 29.3 Å². The number of imide groups is 1. The predicted octanol–water partition coefficient (Wildman–Crippen LogP) is 6.93. The first-order chi connectivity index (χ1) is 20.1. The normalized spacial score (nSPS) is 27.9. The van der Waals surface area contributed by atoms with Crippen LogP contribution in [0.15, 0.2) is 58.6 Å². The van der Waals surface area contributed by atoms with Crippen molar-refractivity contribution in [1.82, 2.24) is 10.0 Å². The highest BCUT2D eigenvalue weighted by Crippen LogP contribution is 2.77. The zero-order valence-electron chi connectivity index (χ0n) is 21.1. The van der Waals surface area contributed by atoms with Crippen molar-refractivity contribution in [1.29, 1.82) is 0 Å². The SMILES string of the molecule is O=C(c1ccc(Cl)cc1)[C@H](CCCl)N(C(=O)c1ccc([N+](=O)[O-])cc1)N1C(=O)[C@H]2[C@H](C1=O)[C@@]1(Cl)C(Cl)=C(Cl)[C@@]2(Cl)C1(Cl)Cl. The van der Waals surface area contributed by atoms with Crippen LogP contribution in [-0.2, 0) is 9.59 Å². The fourth-order valence-corrected chi connectivity index (χ4v) is 8.96. The molecule has 5 rings (SSSR count). The molecule has 0 aromatic heterocycles. The number of allylic oxidation sites excluding steroid dienone is 2. The third kappa shape index (κ3) is 4.41. The maximum absolute atomic E-state index is 14.2. The molecule has 9 nitrogen and oxygen atoms in total. The highest BCUT2D eigenvalue weighted by molar-refractivity contribution is 6.66. The van der Waals surface area contributed by atoms with Gasteiger partial charge in [0.05, 0.1) is 26.8 Å². The van der Waals surface area contributed by atoms with E-state index >= 15 is 0 Å². The summed E-state index contributed by atoms with van der Waals surface area (Å²) in [5.41, 5.74) is -0.452. The van der Waals surface area contributed by atoms with E-state index in [0.29, 0.717) is 15.0 Å². The van der Waals surface area contributed by atoms with Crippen LogP contribution in [0.1, 0.15) is 27.1 Å². The molecule has 5 atom stereocenters. The molecule has 1 saturated carbocycles. The molecule has 0 N–H and O–H groups in total. The number of Topliss-reactive ketones (excluding diaryl/α,β-unsaturated/α-hetero) is 1. The van der Waals surface area contributed by atoms with Gasteiger partial charge in [-0.1, -0.05) is 58.0 Å². The lowest BCUT2D eigenvalue weighted by molar-refractivity contribution is -0.384. The maximum atomic E-state index is 14.2. The Morgan fingerprint density at radius 2 is 1.33 bits per heavy atom. The number of rotatable bonds is 8. The monoisotopic (exact) mass is 745 g/mol. The van der Waals surface area contributed by atoms with Crippen LogP contribution in [0.25, 0.3) is 0 Å². The Morgan fingerprint density at radius 3 is 1.77 bits per heavy atom. The Bertz CT molecular complexity index is 1570. The topological polar surface area (TPSA) is 118 Å². The number of benzene rings is 2. The van der Waals surface area contributed by atoms with E-state index < -0.39 is 60.4 Å². The number of hydrogen-bond donors (Lipinski definition) is 0. The van der Waals surface area contributed by atoms with Gasteiger partial charge < -0.3 is 0 Å². The Morgan fingerprint density at radius 1 is 0.860 bits per heavy atom. The molecule has 2 aromatic carbocycles. The Kier molecular flexibility index (Phi) is 8.49. The summed E-state index contributed by atoms with van der Waals surface area (Å²) in [6.07, 6.45) is -0.235. The van der Waals surface area contributed by atoms with Crippen LogP contribution < -0.4 is 0 Å².